The van der Waals surface area contributed by atoms with Crippen molar-refractivity contribution < 1.29 is 0 Å². The van der Waals surface area contributed by atoms with E-state index in [1.54, 1.807) is 0 Å². The maximum absolute atomic E-state index is 3.75. The molecule has 0 fully saturated rings. The van der Waals surface area contributed by atoms with E-state index in [1.165, 1.54) is 56.9 Å². The number of hydrogen-bond acceptors (Lipinski definition) is 1. The van der Waals surface area contributed by atoms with E-state index >= 15 is 0 Å². The standard InChI is InChI=1S/C28H29N/c1-27(2)15-16-28(3,4)25-18-20(13-14-24(25)27)29-26-17-19-9-5-6-10-21(19)22-11-7-8-12-23(22)26/h5-14,17-18,29H,15-16H2,1-4H3. The van der Waals surface area contributed by atoms with Gasteiger partial charge in [0.2, 0.25) is 0 Å². The minimum absolute atomic E-state index is 0.216. The average Bonchev–Trinajstić information content (AvgIpc) is 2.72. The SMILES string of the molecule is CC1(C)CCC(C)(C)c2cc(Nc3cc4ccccc4c4ccccc34)ccc21. The highest BCUT2D eigenvalue weighted by Crippen LogP contribution is 2.46. The summed E-state index contributed by atoms with van der Waals surface area (Å²) in [6.45, 7) is 9.53. The maximum atomic E-state index is 3.75. The first-order valence-electron chi connectivity index (χ1n) is 10.7. The molecule has 0 spiro atoms. The second-order valence-electron chi connectivity index (χ2n) is 9.84. The van der Waals surface area contributed by atoms with Crippen LogP contribution in [0.1, 0.15) is 51.7 Å². The lowest BCUT2D eigenvalue weighted by molar-refractivity contribution is 0.332. The zero-order chi connectivity index (χ0) is 20.2. The molecule has 1 aliphatic carbocycles. The van der Waals surface area contributed by atoms with Crippen LogP contribution in [0.4, 0.5) is 11.4 Å². The molecule has 0 heterocycles. The van der Waals surface area contributed by atoms with Gasteiger partial charge in [0, 0.05) is 16.8 Å². The molecule has 1 aliphatic rings. The molecule has 1 heteroatoms. The molecule has 4 aromatic carbocycles. The molecule has 0 amide bonds. The molecule has 29 heavy (non-hydrogen) atoms. The van der Waals surface area contributed by atoms with Gasteiger partial charge < -0.3 is 5.32 Å². The second-order valence-corrected chi connectivity index (χ2v) is 9.84. The quantitative estimate of drug-likeness (QED) is 0.347. The Bertz CT molecular complexity index is 1230. The van der Waals surface area contributed by atoms with Crippen LogP contribution in [0.3, 0.4) is 0 Å². The van der Waals surface area contributed by atoms with Crippen LogP contribution in [0.2, 0.25) is 0 Å². The van der Waals surface area contributed by atoms with Gasteiger partial charge in [-0.1, -0.05) is 82.3 Å². The smallest absolute Gasteiger partial charge is 0.0470 e. The molecule has 0 unspecified atom stereocenters. The first-order valence-corrected chi connectivity index (χ1v) is 10.7. The zero-order valence-corrected chi connectivity index (χ0v) is 17.8. The monoisotopic (exact) mass is 379 g/mol. The van der Waals surface area contributed by atoms with Gasteiger partial charge in [0.15, 0.2) is 0 Å². The van der Waals surface area contributed by atoms with E-state index in [0.29, 0.717) is 0 Å². The van der Waals surface area contributed by atoms with E-state index in [-0.39, 0.29) is 10.8 Å². The molecule has 5 rings (SSSR count). The van der Waals surface area contributed by atoms with Gasteiger partial charge in [0.05, 0.1) is 0 Å². The van der Waals surface area contributed by atoms with Crippen molar-refractivity contribution in [2.24, 2.45) is 0 Å². The van der Waals surface area contributed by atoms with Crippen molar-refractivity contribution in [1.82, 2.24) is 0 Å². The summed E-state index contributed by atoms with van der Waals surface area (Å²) in [6.07, 6.45) is 2.48. The maximum Gasteiger partial charge on any atom is 0.0470 e. The van der Waals surface area contributed by atoms with Crippen molar-refractivity contribution in [3.63, 3.8) is 0 Å². The fourth-order valence-corrected chi connectivity index (χ4v) is 4.98. The van der Waals surface area contributed by atoms with Crippen LogP contribution in [0.5, 0.6) is 0 Å². The Morgan fingerprint density at radius 2 is 1.24 bits per heavy atom. The number of nitrogens with one attached hydrogen (secondary N) is 1. The van der Waals surface area contributed by atoms with Gasteiger partial charge in [-0.15, -0.1) is 0 Å². The van der Waals surface area contributed by atoms with E-state index in [4.69, 9.17) is 0 Å². The van der Waals surface area contributed by atoms with Crippen molar-refractivity contribution in [3.05, 3.63) is 83.9 Å². The van der Waals surface area contributed by atoms with Gasteiger partial charge in [-0.25, -0.2) is 0 Å². The first kappa shape index (κ1) is 18.2. The van der Waals surface area contributed by atoms with Crippen LogP contribution in [0, 0.1) is 0 Å². The lowest BCUT2D eigenvalue weighted by Gasteiger charge is -2.42. The molecule has 0 radical (unpaired) electrons. The van der Waals surface area contributed by atoms with Crippen LogP contribution in [-0.4, -0.2) is 0 Å². The molecular weight excluding hydrogens is 350 g/mol. The Morgan fingerprint density at radius 3 is 2.00 bits per heavy atom. The summed E-state index contributed by atoms with van der Waals surface area (Å²) in [5, 5.41) is 8.90. The highest BCUT2D eigenvalue weighted by molar-refractivity contribution is 6.13. The summed E-state index contributed by atoms with van der Waals surface area (Å²) >= 11 is 0. The molecule has 0 aliphatic heterocycles. The summed E-state index contributed by atoms with van der Waals surface area (Å²) in [4.78, 5) is 0. The predicted molar refractivity (Wildman–Crippen MR) is 126 cm³/mol. The molecular formula is C28H29N. The lowest BCUT2D eigenvalue weighted by atomic mass is 9.63. The highest BCUT2D eigenvalue weighted by atomic mass is 14.9. The van der Waals surface area contributed by atoms with Crippen LogP contribution in [0.25, 0.3) is 21.5 Å². The van der Waals surface area contributed by atoms with Gasteiger partial charge in [-0.3, -0.25) is 0 Å². The molecule has 146 valence electrons. The fraction of sp³-hybridized carbons (Fsp3) is 0.286. The topological polar surface area (TPSA) is 12.0 Å². The van der Waals surface area contributed by atoms with Crippen molar-refractivity contribution in [2.75, 3.05) is 5.32 Å². The number of fused-ring (bicyclic) bond motifs is 4. The lowest BCUT2D eigenvalue weighted by Crippen LogP contribution is -2.33. The summed E-state index contributed by atoms with van der Waals surface area (Å²) in [5.41, 5.74) is 5.81. The van der Waals surface area contributed by atoms with Gasteiger partial charge in [0.25, 0.3) is 0 Å². The Morgan fingerprint density at radius 1 is 0.621 bits per heavy atom. The van der Waals surface area contributed by atoms with E-state index in [2.05, 4.69) is 106 Å². The van der Waals surface area contributed by atoms with Gasteiger partial charge in [-0.05, 0) is 69.2 Å². The molecule has 4 aromatic rings. The Balaban J connectivity index is 1.65. The first-order chi connectivity index (χ1) is 13.9. The van der Waals surface area contributed by atoms with E-state index in [0.717, 1.165) is 0 Å². The molecule has 0 atom stereocenters. The third-order valence-electron chi connectivity index (χ3n) is 6.90. The third-order valence-corrected chi connectivity index (χ3v) is 6.90. The molecule has 0 saturated heterocycles. The largest absolute Gasteiger partial charge is 0.355 e. The number of rotatable bonds is 2. The fourth-order valence-electron chi connectivity index (χ4n) is 4.98. The summed E-state index contributed by atoms with van der Waals surface area (Å²) in [7, 11) is 0. The van der Waals surface area contributed by atoms with Crippen LogP contribution >= 0.6 is 0 Å². The number of anilines is 2. The summed E-state index contributed by atoms with van der Waals surface area (Å²) < 4.78 is 0. The molecule has 1 nitrogen and oxygen atoms in total. The van der Waals surface area contributed by atoms with Gasteiger partial charge in [0.1, 0.15) is 0 Å². The molecule has 0 saturated carbocycles. The normalized spacial score (nSPS) is 17.2. The van der Waals surface area contributed by atoms with Gasteiger partial charge in [-0.2, -0.15) is 0 Å². The van der Waals surface area contributed by atoms with Crippen molar-refractivity contribution in [1.29, 1.82) is 0 Å². The van der Waals surface area contributed by atoms with E-state index in [9.17, 15) is 0 Å². The van der Waals surface area contributed by atoms with Crippen molar-refractivity contribution in [2.45, 2.75) is 51.4 Å². The van der Waals surface area contributed by atoms with Gasteiger partial charge >= 0.3 is 0 Å². The van der Waals surface area contributed by atoms with Crippen molar-refractivity contribution >= 4 is 32.9 Å². The van der Waals surface area contributed by atoms with Crippen molar-refractivity contribution in [3.8, 4) is 0 Å². The third kappa shape index (κ3) is 3.00. The van der Waals surface area contributed by atoms with Crippen LogP contribution < -0.4 is 5.32 Å². The highest BCUT2D eigenvalue weighted by Gasteiger charge is 2.36. The van der Waals surface area contributed by atoms with E-state index < -0.39 is 0 Å². The Kier molecular flexibility index (Phi) is 4.00. The molecule has 1 N–H and O–H groups in total. The summed E-state index contributed by atoms with van der Waals surface area (Å²) in [5.74, 6) is 0. The zero-order valence-electron chi connectivity index (χ0n) is 17.8. The summed E-state index contributed by atoms with van der Waals surface area (Å²) in [6, 6.07) is 26.6. The number of hydrogen-bond donors (Lipinski definition) is 1. The van der Waals surface area contributed by atoms with E-state index in [1.807, 2.05) is 0 Å². The minimum Gasteiger partial charge on any atom is -0.355 e. The Labute approximate surface area is 173 Å². The second kappa shape index (κ2) is 6.35. The van der Waals surface area contributed by atoms with Crippen LogP contribution in [-0.2, 0) is 10.8 Å². The molecule has 0 bridgehead atoms. The minimum atomic E-state index is 0.216. The Hall–Kier alpha value is -2.80. The predicted octanol–water partition coefficient (Wildman–Crippen LogP) is 8.09. The molecule has 0 aromatic heterocycles. The number of benzene rings is 4. The van der Waals surface area contributed by atoms with Crippen LogP contribution in [0.15, 0.2) is 72.8 Å². The average molecular weight is 380 g/mol.